The third kappa shape index (κ3) is 2.91. The fourth-order valence-electron chi connectivity index (χ4n) is 2.54. The van der Waals surface area contributed by atoms with Crippen LogP contribution in [0.3, 0.4) is 0 Å². The summed E-state index contributed by atoms with van der Waals surface area (Å²) in [6.45, 7) is 5.28. The number of fused-ring (bicyclic) bond motifs is 1. The molecular formula is C14H23N3S. The maximum atomic E-state index is 5.75. The molecule has 0 atom stereocenters. The summed E-state index contributed by atoms with van der Waals surface area (Å²) in [6, 6.07) is 0. The van der Waals surface area contributed by atoms with Gasteiger partial charge in [-0.1, -0.05) is 26.1 Å². The lowest BCUT2D eigenvalue weighted by Crippen LogP contribution is -2.29. The molecule has 1 heterocycles. The van der Waals surface area contributed by atoms with Gasteiger partial charge in [0.25, 0.3) is 0 Å². The molecule has 0 bridgehead atoms. The van der Waals surface area contributed by atoms with E-state index in [1.807, 2.05) is 6.33 Å². The Balaban J connectivity index is 1.91. The second kappa shape index (κ2) is 5.39. The number of imidazole rings is 1. The zero-order valence-electron chi connectivity index (χ0n) is 11.4. The zero-order valence-corrected chi connectivity index (χ0v) is 12.2. The molecule has 4 heteroatoms. The topological polar surface area (TPSA) is 43.8 Å². The fraction of sp³-hybridized carbons (Fsp3) is 0.714. The van der Waals surface area contributed by atoms with Gasteiger partial charge in [0, 0.05) is 17.7 Å². The molecule has 0 radical (unpaired) electrons. The Bertz CT molecular complexity index is 434. The number of nitrogens with zero attached hydrogens (tertiary/aromatic N) is 2. The standard InChI is InChI=1S/C14H23N3S/c1-14(2,13(15)18)8-5-9-17-10-16-11-6-3-4-7-12(11)17/h10H,3-9H2,1-2H3,(H2,15,18). The Morgan fingerprint density at radius 3 is 2.89 bits per heavy atom. The third-order valence-electron chi connectivity index (χ3n) is 3.98. The van der Waals surface area contributed by atoms with Crippen LogP contribution in [0.1, 0.15) is 50.9 Å². The van der Waals surface area contributed by atoms with Crippen molar-refractivity contribution >= 4 is 17.2 Å². The van der Waals surface area contributed by atoms with E-state index in [1.165, 1.54) is 30.7 Å². The van der Waals surface area contributed by atoms with Gasteiger partial charge in [-0.25, -0.2) is 4.98 Å². The van der Waals surface area contributed by atoms with E-state index < -0.39 is 0 Å². The molecule has 0 saturated carbocycles. The molecule has 0 fully saturated rings. The smallest absolute Gasteiger partial charge is 0.0951 e. The highest BCUT2D eigenvalue weighted by molar-refractivity contribution is 7.80. The molecule has 0 amide bonds. The lowest BCUT2D eigenvalue weighted by atomic mass is 9.88. The summed E-state index contributed by atoms with van der Waals surface area (Å²) in [6.07, 6.45) is 9.08. The van der Waals surface area contributed by atoms with Gasteiger partial charge in [-0.3, -0.25) is 0 Å². The molecule has 2 rings (SSSR count). The Labute approximate surface area is 115 Å². The highest BCUT2D eigenvalue weighted by Crippen LogP contribution is 2.24. The Hall–Kier alpha value is -0.900. The third-order valence-corrected chi connectivity index (χ3v) is 4.53. The molecule has 100 valence electrons. The second-order valence-electron chi connectivity index (χ2n) is 5.89. The Morgan fingerprint density at radius 2 is 2.17 bits per heavy atom. The molecule has 18 heavy (non-hydrogen) atoms. The minimum Gasteiger partial charge on any atom is -0.393 e. The number of nitrogens with two attached hydrogens (primary N) is 1. The number of rotatable bonds is 5. The van der Waals surface area contributed by atoms with Crippen molar-refractivity contribution in [3.05, 3.63) is 17.7 Å². The molecule has 0 saturated heterocycles. The summed E-state index contributed by atoms with van der Waals surface area (Å²) in [4.78, 5) is 5.14. The molecule has 1 aromatic rings. The van der Waals surface area contributed by atoms with Crippen LogP contribution >= 0.6 is 12.2 Å². The average molecular weight is 265 g/mol. The molecule has 0 aromatic carbocycles. The quantitative estimate of drug-likeness (QED) is 0.833. The zero-order chi connectivity index (χ0) is 13.2. The lowest BCUT2D eigenvalue weighted by Gasteiger charge is -2.23. The Morgan fingerprint density at radius 1 is 1.44 bits per heavy atom. The second-order valence-corrected chi connectivity index (χ2v) is 6.33. The largest absolute Gasteiger partial charge is 0.393 e. The van der Waals surface area contributed by atoms with Crippen LogP contribution in [0.2, 0.25) is 0 Å². The van der Waals surface area contributed by atoms with Crippen LogP contribution in [-0.4, -0.2) is 14.5 Å². The normalized spacial score (nSPS) is 15.4. The molecule has 0 aliphatic heterocycles. The van der Waals surface area contributed by atoms with Crippen molar-refractivity contribution in [2.24, 2.45) is 11.1 Å². The molecule has 0 unspecified atom stereocenters. The highest BCUT2D eigenvalue weighted by atomic mass is 32.1. The molecule has 1 aromatic heterocycles. The van der Waals surface area contributed by atoms with E-state index in [0.717, 1.165) is 25.8 Å². The van der Waals surface area contributed by atoms with Crippen LogP contribution < -0.4 is 5.73 Å². The van der Waals surface area contributed by atoms with Crippen molar-refractivity contribution in [1.29, 1.82) is 0 Å². The van der Waals surface area contributed by atoms with Crippen molar-refractivity contribution in [3.8, 4) is 0 Å². The van der Waals surface area contributed by atoms with Gasteiger partial charge in [0.05, 0.1) is 17.0 Å². The number of aryl methyl sites for hydroxylation is 2. The monoisotopic (exact) mass is 265 g/mol. The van der Waals surface area contributed by atoms with E-state index in [9.17, 15) is 0 Å². The molecule has 2 N–H and O–H groups in total. The fourth-order valence-corrected chi connectivity index (χ4v) is 2.64. The summed E-state index contributed by atoms with van der Waals surface area (Å²) in [5.41, 5.74) is 8.49. The van der Waals surface area contributed by atoms with Gasteiger partial charge < -0.3 is 10.3 Å². The van der Waals surface area contributed by atoms with Gasteiger partial charge in [0.1, 0.15) is 0 Å². The number of hydrogen-bond acceptors (Lipinski definition) is 2. The van der Waals surface area contributed by atoms with E-state index in [2.05, 4.69) is 23.4 Å². The predicted molar refractivity (Wildman–Crippen MR) is 78.7 cm³/mol. The van der Waals surface area contributed by atoms with E-state index in [-0.39, 0.29) is 5.41 Å². The van der Waals surface area contributed by atoms with E-state index in [4.69, 9.17) is 18.0 Å². The maximum Gasteiger partial charge on any atom is 0.0951 e. The van der Waals surface area contributed by atoms with Gasteiger partial charge in [-0.2, -0.15) is 0 Å². The van der Waals surface area contributed by atoms with Crippen LogP contribution in [0.15, 0.2) is 6.33 Å². The van der Waals surface area contributed by atoms with E-state index in [1.54, 1.807) is 0 Å². The van der Waals surface area contributed by atoms with Gasteiger partial charge in [0.15, 0.2) is 0 Å². The first-order valence-electron chi connectivity index (χ1n) is 6.83. The van der Waals surface area contributed by atoms with Crippen LogP contribution in [-0.2, 0) is 19.4 Å². The minimum absolute atomic E-state index is 0.0318. The van der Waals surface area contributed by atoms with Crippen LogP contribution in [0.4, 0.5) is 0 Å². The van der Waals surface area contributed by atoms with Crippen molar-refractivity contribution in [2.45, 2.75) is 58.9 Å². The SMILES string of the molecule is CC(C)(CCCn1cnc2c1CCCC2)C(N)=S. The van der Waals surface area contributed by atoms with Crippen molar-refractivity contribution < 1.29 is 0 Å². The van der Waals surface area contributed by atoms with Crippen LogP contribution in [0.25, 0.3) is 0 Å². The van der Waals surface area contributed by atoms with E-state index in [0.29, 0.717) is 4.99 Å². The minimum atomic E-state index is -0.0318. The van der Waals surface area contributed by atoms with Gasteiger partial charge in [-0.15, -0.1) is 0 Å². The first-order chi connectivity index (χ1) is 8.50. The molecular weight excluding hydrogens is 242 g/mol. The molecule has 3 nitrogen and oxygen atoms in total. The summed E-state index contributed by atoms with van der Waals surface area (Å²) in [5.74, 6) is 0. The highest BCUT2D eigenvalue weighted by Gasteiger charge is 2.21. The molecule has 1 aliphatic carbocycles. The van der Waals surface area contributed by atoms with Crippen molar-refractivity contribution in [1.82, 2.24) is 9.55 Å². The number of thiocarbonyl (C=S) groups is 1. The molecule has 1 aliphatic rings. The lowest BCUT2D eigenvalue weighted by molar-refractivity contribution is 0.432. The van der Waals surface area contributed by atoms with Crippen LogP contribution in [0.5, 0.6) is 0 Å². The average Bonchev–Trinajstić information content (AvgIpc) is 2.72. The summed E-state index contributed by atoms with van der Waals surface area (Å²) in [7, 11) is 0. The first kappa shape index (κ1) is 13.5. The van der Waals surface area contributed by atoms with Gasteiger partial charge in [-0.05, 0) is 38.5 Å². The predicted octanol–water partition coefficient (Wildman–Crippen LogP) is 2.85. The number of hydrogen-bond donors (Lipinski definition) is 1. The van der Waals surface area contributed by atoms with Gasteiger partial charge >= 0.3 is 0 Å². The van der Waals surface area contributed by atoms with Gasteiger partial charge in [0.2, 0.25) is 0 Å². The summed E-state index contributed by atoms with van der Waals surface area (Å²) in [5, 5.41) is 0. The van der Waals surface area contributed by atoms with Crippen molar-refractivity contribution in [2.75, 3.05) is 0 Å². The summed E-state index contributed by atoms with van der Waals surface area (Å²) >= 11 is 5.10. The van der Waals surface area contributed by atoms with Crippen LogP contribution in [0, 0.1) is 5.41 Å². The maximum absolute atomic E-state index is 5.75. The Kier molecular flexibility index (Phi) is 4.05. The first-order valence-corrected chi connectivity index (χ1v) is 7.24. The summed E-state index contributed by atoms with van der Waals surface area (Å²) < 4.78 is 2.32. The van der Waals surface area contributed by atoms with Crippen molar-refractivity contribution in [3.63, 3.8) is 0 Å². The number of aromatic nitrogens is 2. The molecule has 0 spiro atoms. The van der Waals surface area contributed by atoms with E-state index >= 15 is 0 Å².